The average molecular weight is 286 g/mol. The number of nitrogens with zero attached hydrogens (tertiary/aromatic N) is 1. The van der Waals surface area contributed by atoms with Gasteiger partial charge in [0.05, 0.1) is 10.7 Å². The molecule has 2 nitrogen and oxygen atoms in total. The molecule has 0 aliphatic carbocycles. The number of para-hydroxylation sites is 1. The van der Waals surface area contributed by atoms with Crippen LogP contribution in [0.4, 0.5) is 11.4 Å². The summed E-state index contributed by atoms with van der Waals surface area (Å²) in [6, 6.07) is 13.9. The van der Waals surface area contributed by atoms with E-state index < -0.39 is 0 Å². The van der Waals surface area contributed by atoms with E-state index in [1.165, 1.54) is 11.3 Å². The van der Waals surface area contributed by atoms with Crippen molar-refractivity contribution >= 4 is 29.3 Å². The van der Waals surface area contributed by atoms with Crippen LogP contribution >= 0.6 is 11.6 Å². The highest BCUT2D eigenvalue weighted by Gasteiger charge is 2.23. The highest BCUT2D eigenvalue weighted by atomic mass is 35.5. The Morgan fingerprint density at radius 1 is 1.20 bits per heavy atom. The molecule has 0 spiro atoms. The van der Waals surface area contributed by atoms with Gasteiger partial charge in [0, 0.05) is 17.8 Å². The van der Waals surface area contributed by atoms with E-state index in [1.54, 1.807) is 6.07 Å². The Kier molecular flexibility index (Phi) is 3.49. The summed E-state index contributed by atoms with van der Waals surface area (Å²) in [6.45, 7) is 3.19. The van der Waals surface area contributed by atoms with Gasteiger partial charge in [-0.05, 0) is 42.2 Å². The summed E-state index contributed by atoms with van der Waals surface area (Å²) in [7, 11) is 0. The van der Waals surface area contributed by atoms with Crippen LogP contribution in [0.1, 0.15) is 22.8 Å². The second kappa shape index (κ2) is 5.29. The number of hydrogen-bond donors (Lipinski definition) is 0. The molecule has 1 aliphatic heterocycles. The van der Waals surface area contributed by atoms with E-state index in [0.29, 0.717) is 16.5 Å². The van der Waals surface area contributed by atoms with Crippen molar-refractivity contribution in [3.63, 3.8) is 0 Å². The second-order valence-electron chi connectivity index (χ2n) is 5.38. The molecule has 0 amide bonds. The van der Waals surface area contributed by atoms with Crippen molar-refractivity contribution in [1.82, 2.24) is 0 Å². The first-order valence-electron chi connectivity index (χ1n) is 6.79. The van der Waals surface area contributed by atoms with Gasteiger partial charge in [0.2, 0.25) is 0 Å². The summed E-state index contributed by atoms with van der Waals surface area (Å²) in [4.78, 5) is 13.1. The monoisotopic (exact) mass is 285 g/mol. The van der Waals surface area contributed by atoms with Crippen molar-refractivity contribution in [1.29, 1.82) is 0 Å². The molecule has 2 aromatic rings. The topological polar surface area (TPSA) is 20.3 Å². The molecule has 0 aromatic heterocycles. The molecule has 0 saturated carbocycles. The maximum Gasteiger partial charge on any atom is 0.150 e. The van der Waals surface area contributed by atoms with E-state index in [2.05, 4.69) is 36.1 Å². The van der Waals surface area contributed by atoms with Crippen molar-refractivity contribution in [3.05, 3.63) is 58.6 Å². The lowest BCUT2D eigenvalue weighted by molar-refractivity contribution is 0.112. The normalized spacial score (nSPS) is 17.7. The molecule has 20 heavy (non-hydrogen) atoms. The van der Waals surface area contributed by atoms with Gasteiger partial charge in [-0.3, -0.25) is 4.79 Å². The van der Waals surface area contributed by atoms with E-state index in [9.17, 15) is 4.79 Å². The minimum absolute atomic E-state index is 0.576. The van der Waals surface area contributed by atoms with Crippen LogP contribution in [0.5, 0.6) is 0 Å². The molecule has 1 atom stereocenters. The zero-order chi connectivity index (χ0) is 14.1. The summed E-state index contributed by atoms with van der Waals surface area (Å²) in [5, 5.41) is 0.624. The lowest BCUT2D eigenvalue weighted by atomic mass is 9.93. The smallest absolute Gasteiger partial charge is 0.150 e. The maximum atomic E-state index is 10.8. The molecule has 0 N–H and O–H groups in total. The summed E-state index contributed by atoms with van der Waals surface area (Å²) < 4.78 is 0. The molecule has 0 radical (unpaired) electrons. The highest BCUT2D eigenvalue weighted by molar-refractivity contribution is 6.33. The van der Waals surface area contributed by atoms with Gasteiger partial charge in [-0.25, -0.2) is 0 Å². The van der Waals surface area contributed by atoms with Crippen molar-refractivity contribution in [2.24, 2.45) is 5.92 Å². The summed E-state index contributed by atoms with van der Waals surface area (Å²) in [6.07, 6.45) is 1.92. The van der Waals surface area contributed by atoms with Gasteiger partial charge in [-0.2, -0.15) is 0 Å². The first-order chi connectivity index (χ1) is 9.69. The number of carbonyl (C=O) groups is 1. The number of hydrogen-bond acceptors (Lipinski definition) is 2. The van der Waals surface area contributed by atoms with Crippen LogP contribution in [0.3, 0.4) is 0 Å². The van der Waals surface area contributed by atoms with E-state index in [1.807, 2.05) is 12.1 Å². The molecule has 3 rings (SSSR count). The highest BCUT2D eigenvalue weighted by Crippen LogP contribution is 2.38. The van der Waals surface area contributed by atoms with E-state index >= 15 is 0 Å². The molecule has 0 saturated heterocycles. The van der Waals surface area contributed by atoms with E-state index in [-0.39, 0.29) is 0 Å². The fourth-order valence-electron chi connectivity index (χ4n) is 2.84. The summed E-state index contributed by atoms with van der Waals surface area (Å²) in [5.74, 6) is 0.576. The molecule has 0 bridgehead atoms. The Labute approximate surface area is 124 Å². The number of rotatable bonds is 2. The van der Waals surface area contributed by atoms with Crippen molar-refractivity contribution in [2.75, 3.05) is 11.4 Å². The molecule has 1 aliphatic rings. The third-order valence-electron chi connectivity index (χ3n) is 3.74. The van der Waals surface area contributed by atoms with Crippen LogP contribution in [0, 0.1) is 5.92 Å². The van der Waals surface area contributed by atoms with Gasteiger partial charge in [-0.15, -0.1) is 0 Å². The zero-order valence-electron chi connectivity index (χ0n) is 11.3. The largest absolute Gasteiger partial charge is 0.340 e. The fraction of sp³-hybridized carbons (Fsp3) is 0.235. The Balaban J connectivity index is 2.08. The second-order valence-corrected chi connectivity index (χ2v) is 5.78. The van der Waals surface area contributed by atoms with Crippen molar-refractivity contribution in [2.45, 2.75) is 13.3 Å². The SMILES string of the molecule is CC1Cc2ccccc2N(c2ccc(C=O)cc2Cl)C1. The van der Waals surface area contributed by atoms with Gasteiger partial charge in [-0.1, -0.05) is 36.7 Å². The Morgan fingerprint density at radius 3 is 2.75 bits per heavy atom. The fourth-order valence-corrected chi connectivity index (χ4v) is 3.13. The van der Waals surface area contributed by atoms with Gasteiger partial charge < -0.3 is 4.90 Å². The van der Waals surface area contributed by atoms with Crippen LogP contribution in [0.25, 0.3) is 0 Å². The van der Waals surface area contributed by atoms with Gasteiger partial charge in [0.15, 0.2) is 0 Å². The average Bonchev–Trinajstić information content (AvgIpc) is 2.46. The molecular formula is C17H16ClNO. The third-order valence-corrected chi connectivity index (χ3v) is 4.05. The van der Waals surface area contributed by atoms with Gasteiger partial charge >= 0.3 is 0 Å². The molecule has 0 fully saturated rings. The van der Waals surface area contributed by atoms with E-state index in [0.717, 1.165) is 24.9 Å². The number of aldehydes is 1. The van der Waals surface area contributed by atoms with E-state index in [4.69, 9.17) is 11.6 Å². The quantitative estimate of drug-likeness (QED) is 0.758. The number of benzene rings is 2. The minimum Gasteiger partial charge on any atom is -0.340 e. The van der Waals surface area contributed by atoms with Crippen LogP contribution in [0.2, 0.25) is 5.02 Å². The Morgan fingerprint density at radius 2 is 2.00 bits per heavy atom. The third kappa shape index (κ3) is 2.32. The molecule has 3 heteroatoms. The Bertz CT molecular complexity index is 653. The first-order valence-corrected chi connectivity index (χ1v) is 7.17. The summed E-state index contributed by atoms with van der Waals surface area (Å²) >= 11 is 6.36. The molecular weight excluding hydrogens is 270 g/mol. The Hall–Kier alpha value is -1.80. The van der Waals surface area contributed by atoms with Crippen molar-refractivity contribution < 1.29 is 4.79 Å². The summed E-state index contributed by atoms with van der Waals surface area (Å²) in [5.41, 5.74) is 4.14. The number of fused-ring (bicyclic) bond motifs is 1. The zero-order valence-corrected chi connectivity index (χ0v) is 12.1. The standard InChI is InChI=1S/C17H16ClNO/c1-12-8-14-4-2-3-5-16(14)19(10-12)17-7-6-13(11-20)9-15(17)18/h2-7,9,11-12H,8,10H2,1H3. The lowest BCUT2D eigenvalue weighted by Gasteiger charge is -2.35. The molecule has 2 aromatic carbocycles. The van der Waals surface area contributed by atoms with Crippen LogP contribution in [0.15, 0.2) is 42.5 Å². The predicted molar refractivity (Wildman–Crippen MR) is 83.2 cm³/mol. The van der Waals surface area contributed by atoms with Crippen LogP contribution in [-0.4, -0.2) is 12.8 Å². The molecule has 1 heterocycles. The van der Waals surface area contributed by atoms with Crippen LogP contribution in [-0.2, 0) is 6.42 Å². The molecule has 1 unspecified atom stereocenters. The van der Waals surface area contributed by atoms with Gasteiger partial charge in [0.25, 0.3) is 0 Å². The van der Waals surface area contributed by atoms with Crippen LogP contribution < -0.4 is 4.90 Å². The lowest BCUT2D eigenvalue weighted by Crippen LogP contribution is -2.30. The number of anilines is 2. The minimum atomic E-state index is 0.576. The maximum absolute atomic E-state index is 10.8. The predicted octanol–water partition coefficient (Wildman–Crippen LogP) is 4.48. The number of halogens is 1. The number of carbonyl (C=O) groups excluding carboxylic acids is 1. The first kappa shape index (κ1) is 13.2. The molecule has 102 valence electrons. The van der Waals surface area contributed by atoms with Gasteiger partial charge in [0.1, 0.15) is 6.29 Å². The van der Waals surface area contributed by atoms with Crippen molar-refractivity contribution in [3.8, 4) is 0 Å².